The molecule has 5 nitrogen and oxygen atoms in total. The molecule has 0 bridgehead atoms. The summed E-state index contributed by atoms with van der Waals surface area (Å²) in [5.74, 6) is -0.971. The molecule has 1 heterocycles. The van der Waals surface area contributed by atoms with E-state index in [0.717, 1.165) is 28.8 Å². The first-order chi connectivity index (χ1) is 11.5. The maximum Gasteiger partial charge on any atom is 0.325 e. The monoisotopic (exact) mass is 340 g/mol. The zero-order valence-electron chi connectivity index (χ0n) is 13.1. The van der Waals surface area contributed by atoms with Gasteiger partial charge in [0.25, 0.3) is 5.91 Å². The van der Waals surface area contributed by atoms with Gasteiger partial charge >= 0.3 is 5.97 Å². The van der Waals surface area contributed by atoms with Crippen LogP contribution in [0.3, 0.4) is 0 Å². The van der Waals surface area contributed by atoms with E-state index in [-0.39, 0.29) is 0 Å². The Balaban J connectivity index is 1.82. The van der Waals surface area contributed by atoms with Crippen LogP contribution in [0.4, 0.5) is 0 Å². The zero-order valence-corrected chi connectivity index (χ0v) is 13.9. The second-order valence-electron chi connectivity index (χ2n) is 5.89. The molecule has 1 aliphatic carbocycles. The van der Waals surface area contributed by atoms with Crippen molar-refractivity contribution in [2.24, 2.45) is 0 Å². The summed E-state index contributed by atoms with van der Waals surface area (Å²) in [6, 6.07) is 10.6. The number of carbonyl (C=O) groups excluding carboxylic acids is 1. The summed E-state index contributed by atoms with van der Waals surface area (Å²) in [4.78, 5) is 24.2. The molecule has 6 heteroatoms. The lowest BCUT2D eigenvalue weighted by Gasteiger charge is -2.07. The first-order valence-electron chi connectivity index (χ1n) is 7.67. The van der Waals surface area contributed by atoms with E-state index in [0.29, 0.717) is 16.4 Å². The molecule has 1 aromatic heterocycles. The number of hydrogen-bond acceptors (Lipinski definition) is 4. The molecule has 0 radical (unpaired) electrons. The summed E-state index contributed by atoms with van der Waals surface area (Å²) >= 11 is 1.28. The predicted octanol–water partition coefficient (Wildman–Crippen LogP) is 3.37. The minimum atomic E-state index is -1.07. The molecule has 1 atom stereocenters. The van der Waals surface area contributed by atoms with E-state index in [9.17, 15) is 14.9 Å². The largest absolute Gasteiger partial charge is 0.480 e. The van der Waals surface area contributed by atoms with Crippen LogP contribution >= 0.6 is 11.3 Å². The Bertz CT molecular complexity index is 846. The number of amides is 1. The van der Waals surface area contributed by atoms with Gasteiger partial charge in [0, 0.05) is 4.88 Å². The lowest BCUT2D eigenvalue weighted by atomic mass is 10.0. The molecule has 1 amide bonds. The van der Waals surface area contributed by atoms with Crippen LogP contribution in [-0.2, 0) is 4.79 Å². The second-order valence-corrected chi connectivity index (χ2v) is 6.97. The highest BCUT2D eigenvalue weighted by Gasteiger charge is 2.26. The summed E-state index contributed by atoms with van der Waals surface area (Å²) < 4.78 is 0. The minimum Gasteiger partial charge on any atom is -0.480 e. The molecule has 2 aromatic rings. The number of thiophene rings is 1. The predicted molar refractivity (Wildman–Crippen MR) is 91.0 cm³/mol. The summed E-state index contributed by atoms with van der Waals surface area (Å²) in [6.45, 7) is 1.42. The zero-order chi connectivity index (χ0) is 17.3. The number of rotatable bonds is 5. The first kappa shape index (κ1) is 16.2. The van der Waals surface area contributed by atoms with Crippen molar-refractivity contribution in [1.82, 2.24) is 5.32 Å². The first-order valence-corrected chi connectivity index (χ1v) is 8.49. The van der Waals surface area contributed by atoms with Gasteiger partial charge in [-0.05, 0) is 55.0 Å². The minimum absolute atomic E-state index is 0.406. The molecule has 0 aliphatic heterocycles. The smallest absolute Gasteiger partial charge is 0.325 e. The quantitative estimate of drug-likeness (QED) is 0.873. The number of nitrogens with zero attached hydrogens (tertiary/aromatic N) is 1. The molecular weight excluding hydrogens is 324 g/mol. The summed E-state index contributed by atoms with van der Waals surface area (Å²) in [5.41, 5.74) is 2.69. The molecule has 0 saturated heterocycles. The normalized spacial score (nSPS) is 14.7. The second kappa shape index (κ2) is 6.46. The van der Waals surface area contributed by atoms with Crippen LogP contribution < -0.4 is 5.32 Å². The molecule has 122 valence electrons. The molecule has 1 unspecified atom stereocenters. The maximum absolute atomic E-state index is 12.1. The number of hydrogen-bond donors (Lipinski definition) is 2. The van der Waals surface area contributed by atoms with Gasteiger partial charge in [0.2, 0.25) is 0 Å². The van der Waals surface area contributed by atoms with Gasteiger partial charge in [-0.15, -0.1) is 11.3 Å². The van der Waals surface area contributed by atoms with Crippen molar-refractivity contribution in [3.05, 3.63) is 46.3 Å². The average molecular weight is 340 g/mol. The van der Waals surface area contributed by atoms with Crippen LogP contribution in [0.15, 0.2) is 30.3 Å². The Morgan fingerprint density at radius 3 is 2.71 bits per heavy atom. The third-order valence-corrected chi connectivity index (χ3v) is 5.16. The van der Waals surface area contributed by atoms with Gasteiger partial charge in [-0.3, -0.25) is 9.59 Å². The number of carboxylic acids is 1. The number of benzene rings is 1. The summed E-state index contributed by atoms with van der Waals surface area (Å²) in [7, 11) is 0. The Kier molecular flexibility index (Phi) is 4.36. The molecule has 1 saturated carbocycles. The number of nitriles is 1. The SMILES string of the molecule is CC(NC(=O)c1ccc(-c2ccc(C3CC3)c(C#N)c2)s1)C(=O)O. The fourth-order valence-corrected chi connectivity index (χ4v) is 3.41. The molecule has 1 aliphatic rings. The van der Waals surface area contributed by atoms with Crippen molar-refractivity contribution < 1.29 is 14.7 Å². The van der Waals surface area contributed by atoms with Crippen LogP contribution in [0.25, 0.3) is 10.4 Å². The third-order valence-electron chi connectivity index (χ3n) is 4.02. The van der Waals surface area contributed by atoms with Gasteiger partial charge in [-0.1, -0.05) is 12.1 Å². The molecule has 2 N–H and O–H groups in total. The number of carbonyl (C=O) groups is 2. The van der Waals surface area contributed by atoms with Crippen LogP contribution in [0.5, 0.6) is 0 Å². The van der Waals surface area contributed by atoms with E-state index in [1.165, 1.54) is 18.3 Å². The van der Waals surface area contributed by atoms with E-state index in [2.05, 4.69) is 11.4 Å². The van der Waals surface area contributed by atoms with E-state index in [4.69, 9.17) is 5.11 Å². The Morgan fingerprint density at radius 2 is 2.08 bits per heavy atom. The van der Waals surface area contributed by atoms with Crippen molar-refractivity contribution >= 4 is 23.2 Å². The molecule has 1 aromatic carbocycles. The molecule has 3 rings (SSSR count). The van der Waals surface area contributed by atoms with Crippen LogP contribution in [0.2, 0.25) is 0 Å². The van der Waals surface area contributed by atoms with Crippen LogP contribution in [-0.4, -0.2) is 23.0 Å². The van der Waals surface area contributed by atoms with Crippen molar-refractivity contribution in [2.45, 2.75) is 31.7 Å². The summed E-state index contributed by atoms with van der Waals surface area (Å²) in [5, 5.41) is 20.6. The van der Waals surface area contributed by atoms with Gasteiger partial charge < -0.3 is 10.4 Å². The van der Waals surface area contributed by atoms with Gasteiger partial charge in [0.1, 0.15) is 6.04 Å². The fourth-order valence-electron chi connectivity index (χ4n) is 2.50. The van der Waals surface area contributed by atoms with Crippen molar-refractivity contribution in [3.63, 3.8) is 0 Å². The van der Waals surface area contributed by atoms with E-state index >= 15 is 0 Å². The molecular formula is C18H16N2O3S. The number of nitrogens with one attached hydrogen (secondary N) is 1. The average Bonchev–Trinajstić information content (AvgIpc) is 3.29. The van der Waals surface area contributed by atoms with Gasteiger partial charge in [-0.2, -0.15) is 5.26 Å². The maximum atomic E-state index is 12.1. The van der Waals surface area contributed by atoms with Gasteiger partial charge in [0.15, 0.2) is 0 Å². The van der Waals surface area contributed by atoms with Gasteiger partial charge in [-0.25, -0.2) is 0 Å². The summed E-state index contributed by atoms with van der Waals surface area (Å²) in [6.07, 6.45) is 2.28. The highest BCUT2D eigenvalue weighted by Crippen LogP contribution is 2.42. The van der Waals surface area contributed by atoms with Crippen molar-refractivity contribution in [3.8, 4) is 16.5 Å². The molecule has 0 spiro atoms. The highest BCUT2D eigenvalue weighted by atomic mass is 32.1. The Labute approximate surface area is 143 Å². The number of aliphatic carboxylic acids is 1. The Morgan fingerprint density at radius 1 is 1.33 bits per heavy atom. The van der Waals surface area contributed by atoms with Crippen molar-refractivity contribution in [2.75, 3.05) is 0 Å². The number of carboxylic acid groups (broad SMARTS) is 1. The topological polar surface area (TPSA) is 90.2 Å². The standard InChI is InChI=1S/C18H16N2O3S/c1-10(18(22)23)20-17(21)16-7-6-15(24-16)12-4-5-14(11-2-3-11)13(8-12)9-19/h4-8,10-11H,2-3H2,1H3,(H,20,21)(H,22,23). The molecule has 24 heavy (non-hydrogen) atoms. The lowest BCUT2D eigenvalue weighted by Crippen LogP contribution is -2.37. The van der Waals surface area contributed by atoms with Crippen LogP contribution in [0, 0.1) is 11.3 Å². The highest BCUT2D eigenvalue weighted by molar-refractivity contribution is 7.17. The van der Waals surface area contributed by atoms with Crippen LogP contribution in [0.1, 0.15) is 46.5 Å². The van der Waals surface area contributed by atoms with Gasteiger partial charge in [0.05, 0.1) is 16.5 Å². The van der Waals surface area contributed by atoms with E-state index in [1.54, 1.807) is 6.07 Å². The lowest BCUT2D eigenvalue weighted by molar-refractivity contribution is -0.138. The fraction of sp³-hybridized carbons (Fsp3) is 0.278. The van der Waals surface area contributed by atoms with E-state index in [1.807, 2.05) is 24.3 Å². The van der Waals surface area contributed by atoms with Crippen molar-refractivity contribution in [1.29, 1.82) is 5.26 Å². The molecule has 1 fully saturated rings. The third kappa shape index (κ3) is 3.31. The van der Waals surface area contributed by atoms with E-state index < -0.39 is 17.9 Å². The Hall–Kier alpha value is -2.65.